The van der Waals surface area contributed by atoms with Crippen molar-refractivity contribution in [2.45, 2.75) is 19.4 Å². The highest BCUT2D eigenvalue weighted by atomic mass is 16.5. The van der Waals surface area contributed by atoms with E-state index in [0.717, 1.165) is 6.42 Å². The Hall–Kier alpha value is -2.36. The summed E-state index contributed by atoms with van der Waals surface area (Å²) in [6.07, 6.45) is 8.11. The van der Waals surface area contributed by atoms with Crippen molar-refractivity contribution in [3.8, 4) is 0 Å². The fourth-order valence-corrected chi connectivity index (χ4v) is 1.80. The first-order valence-electron chi connectivity index (χ1n) is 6.52. The number of carbonyl (C=O) groups is 2. The average molecular weight is 272 g/mol. The van der Waals surface area contributed by atoms with E-state index in [1.54, 1.807) is 31.2 Å². The number of carbonyl (C=O) groups excluding carboxylic acids is 2. The standard InChI is InChI=1S/C16H16O4/c1-2-19-15(17)12-8-10-13(11-9-12)16(18)20-14-6-4-3-5-7-14/h4-11,14H,2-3H2,1H3. The number of esters is 2. The molecule has 0 spiro atoms. The molecule has 0 aromatic heterocycles. The molecule has 104 valence electrons. The largest absolute Gasteiger partial charge is 0.462 e. The first-order valence-corrected chi connectivity index (χ1v) is 6.52. The van der Waals surface area contributed by atoms with Gasteiger partial charge in [0.25, 0.3) is 0 Å². The van der Waals surface area contributed by atoms with Crippen molar-refractivity contribution in [1.29, 1.82) is 0 Å². The van der Waals surface area contributed by atoms with Gasteiger partial charge in [0.15, 0.2) is 0 Å². The summed E-state index contributed by atoms with van der Waals surface area (Å²) in [5.41, 5.74) is 0.825. The first kappa shape index (κ1) is 14.1. The number of hydrogen-bond acceptors (Lipinski definition) is 4. The van der Waals surface area contributed by atoms with Crippen LogP contribution in [0.5, 0.6) is 0 Å². The lowest BCUT2D eigenvalue weighted by Crippen LogP contribution is -2.15. The maximum absolute atomic E-state index is 11.9. The van der Waals surface area contributed by atoms with Crippen molar-refractivity contribution in [3.05, 3.63) is 59.7 Å². The summed E-state index contributed by atoms with van der Waals surface area (Å²) in [5.74, 6) is -0.813. The van der Waals surface area contributed by atoms with E-state index in [9.17, 15) is 9.59 Å². The van der Waals surface area contributed by atoms with E-state index < -0.39 is 11.9 Å². The molecule has 1 aliphatic carbocycles. The van der Waals surface area contributed by atoms with Crippen LogP contribution in [0.4, 0.5) is 0 Å². The zero-order valence-corrected chi connectivity index (χ0v) is 11.2. The molecule has 1 aromatic carbocycles. The van der Waals surface area contributed by atoms with Gasteiger partial charge in [-0.1, -0.05) is 12.2 Å². The summed E-state index contributed by atoms with van der Waals surface area (Å²) in [5, 5.41) is 0. The lowest BCUT2D eigenvalue weighted by molar-refractivity contribution is 0.0458. The van der Waals surface area contributed by atoms with Gasteiger partial charge in [-0.25, -0.2) is 9.59 Å². The SMILES string of the molecule is CCOC(=O)c1ccc(C(=O)OC2C=CCC=C2)cc1. The van der Waals surface area contributed by atoms with Crippen LogP contribution in [0.1, 0.15) is 34.1 Å². The minimum absolute atomic E-state index is 0.319. The molecule has 0 radical (unpaired) electrons. The molecule has 1 aliphatic rings. The topological polar surface area (TPSA) is 52.6 Å². The van der Waals surface area contributed by atoms with E-state index in [1.165, 1.54) is 0 Å². The highest BCUT2D eigenvalue weighted by Crippen LogP contribution is 2.11. The Balaban J connectivity index is 2.00. The van der Waals surface area contributed by atoms with Crippen LogP contribution >= 0.6 is 0 Å². The predicted octanol–water partition coefficient (Wildman–Crippen LogP) is 2.90. The van der Waals surface area contributed by atoms with E-state index in [0.29, 0.717) is 17.7 Å². The summed E-state index contributed by atoms with van der Waals surface area (Å²) in [6.45, 7) is 2.07. The van der Waals surface area contributed by atoms with E-state index in [1.807, 2.05) is 24.3 Å². The molecular weight excluding hydrogens is 256 g/mol. The van der Waals surface area contributed by atoms with Gasteiger partial charge in [0.1, 0.15) is 6.10 Å². The second-order valence-corrected chi connectivity index (χ2v) is 4.26. The van der Waals surface area contributed by atoms with Crippen molar-refractivity contribution in [2.75, 3.05) is 6.61 Å². The van der Waals surface area contributed by atoms with E-state index in [2.05, 4.69) is 0 Å². The molecule has 0 aliphatic heterocycles. The van der Waals surface area contributed by atoms with E-state index >= 15 is 0 Å². The summed E-state index contributed by atoms with van der Waals surface area (Å²) in [7, 11) is 0. The summed E-state index contributed by atoms with van der Waals surface area (Å²) < 4.78 is 10.2. The number of hydrogen-bond donors (Lipinski definition) is 0. The zero-order valence-electron chi connectivity index (χ0n) is 11.2. The van der Waals surface area contributed by atoms with Crippen LogP contribution in [-0.2, 0) is 9.47 Å². The minimum atomic E-state index is -0.415. The van der Waals surface area contributed by atoms with Gasteiger partial charge in [0.2, 0.25) is 0 Å². The Morgan fingerprint density at radius 2 is 1.60 bits per heavy atom. The average Bonchev–Trinajstić information content (AvgIpc) is 2.48. The first-order chi connectivity index (χ1) is 9.70. The molecule has 4 nitrogen and oxygen atoms in total. The van der Waals surface area contributed by atoms with E-state index in [4.69, 9.17) is 9.47 Å². The fourth-order valence-electron chi connectivity index (χ4n) is 1.80. The molecule has 1 aromatic rings. The van der Waals surface area contributed by atoms with Crippen LogP contribution in [0.2, 0.25) is 0 Å². The summed E-state index contributed by atoms with van der Waals surface area (Å²) in [6, 6.07) is 6.23. The van der Waals surface area contributed by atoms with Gasteiger partial charge >= 0.3 is 11.9 Å². The van der Waals surface area contributed by atoms with Crippen molar-refractivity contribution in [1.82, 2.24) is 0 Å². The summed E-state index contributed by atoms with van der Waals surface area (Å²) in [4.78, 5) is 23.4. The third kappa shape index (κ3) is 3.57. The van der Waals surface area contributed by atoms with Crippen molar-refractivity contribution in [3.63, 3.8) is 0 Å². The van der Waals surface area contributed by atoms with E-state index in [-0.39, 0.29) is 6.10 Å². The fraction of sp³-hybridized carbons (Fsp3) is 0.250. The minimum Gasteiger partial charge on any atom is -0.462 e. The highest BCUT2D eigenvalue weighted by molar-refractivity contribution is 5.93. The molecular formula is C16H16O4. The lowest BCUT2D eigenvalue weighted by atomic mass is 10.1. The number of benzene rings is 1. The van der Waals surface area contributed by atoms with Gasteiger partial charge in [-0.3, -0.25) is 0 Å². The van der Waals surface area contributed by atoms with Crippen molar-refractivity contribution >= 4 is 11.9 Å². The van der Waals surface area contributed by atoms with Crippen LogP contribution in [-0.4, -0.2) is 24.6 Å². The third-order valence-electron chi connectivity index (χ3n) is 2.80. The van der Waals surface area contributed by atoms with Crippen molar-refractivity contribution in [2.24, 2.45) is 0 Å². The Morgan fingerprint density at radius 3 is 2.15 bits per heavy atom. The Morgan fingerprint density at radius 1 is 1.05 bits per heavy atom. The van der Waals surface area contributed by atoms with Gasteiger partial charge in [-0.15, -0.1) is 0 Å². The molecule has 0 saturated carbocycles. The molecule has 2 rings (SSSR count). The maximum atomic E-state index is 11.9. The molecule has 0 unspecified atom stereocenters. The Kier molecular flexibility index (Phi) is 4.71. The number of rotatable bonds is 4. The molecule has 0 heterocycles. The lowest BCUT2D eigenvalue weighted by Gasteiger charge is -2.12. The predicted molar refractivity (Wildman–Crippen MR) is 74.5 cm³/mol. The van der Waals surface area contributed by atoms with Crippen LogP contribution in [0.15, 0.2) is 48.6 Å². The smallest absolute Gasteiger partial charge is 0.339 e. The molecule has 4 heteroatoms. The van der Waals surface area contributed by atoms with Gasteiger partial charge in [0.05, 0.1) is 17.7 Å². The monoisotopic (exact) mass is 272 g/mol. The molecule has 0 fully saturated rings. The van der Waals surface area contributed by atoms with Crippen LogP contribution < -0.4 is 0 Å². The van der Waals surface area contributed by atoms with Crippen LogP contribution in [0.25, 0.3) is 0 Å². The second-order valence-electron chi connectivity index (χ2n) is 4.26. The number of allylic oxidation sites excluding steroid dienone is 2. The molecule has 0 N–H and O–H groups in total. The quantitative estimate of drug-likeness (QED) is 0.624. The maximum Gasteiger partial charge on any atom is 0.339 e. The third-order valence-corrected chi connectivity index (χ3v) is 2.80. The molecule has 0 saturated heterocycles. The Bertz CT molecular complexity index is 528. The molecule has 0 bridgehead atoms. The highest BCUT2D eigenvalue weighted by Gasteiger charge is 2.13. The van der Waals surface area contributed by atoms with Gasteiger partial charge < -0.3 is 9.47 Å². The molecule has 0 atom stereocenters. The normalized spacial score (nSPS) is 14.1. The second kappa shape index (κ2) is 6.70. The molecule has 0 amide bonds. The zero-order chi connectivity index (χ0) is 14.4. The van der Waals surface area contributed by atoms with Crippen LogP contribution in [0, 0.1) is 0 Å². The van der Waals surface area contributed by atoms with Gasteiger partial charge in [-0.2, -0.15) is 0 Å². The van der Waals surface area contributed by atoms with Crippen LogP contribution in [0.3, 0.4) is 0 Å². The summed E-state index contributed by atoms with van der Waals surface area (Å²) >= 11 is 0. The van der Waals surface area contributed by atoms with Gasteiger partial charge in [-0.05, 0) is 49.8 Å². The Labute approximate surface area is 117 Å². The number of ether oxygens (including phenoxy) is 2. The molecule has 20 heavy (non-hydrogen) atoms. The van der Waals surface area contributed by atoms with Crippen molar-refractivity contribution < 1.29 is 19.1 Å². The van der Waals surface area contributed by atoms with Gasteiger partial charge in [0, 0.05) is 0 Å².